The van der Waals surface area contributed by atoms with Gasteiger partial charge in [-0.1, -0.05) is 24.3 Å². The van der Waals surface area contributed by atoms with E-state index < -0.39 is 10.0 Å². The third-order valence-corrected chi connectivity index (χ3v) is 4.67. The average molecular weight is 348 g/mol. The Morgan fingerprint density at radius 3 is 2.54 bits per heavy atom. The minimum absolute atomic E-state index is 0.280. The van der Waals surface area contributed by atoms with Crippen molar-refractivity contribution < 1.29 is 17.9 Å². The lowest BCUT2D eigenvalue weighted by Crippen LogP contribution is -2.27. The second-order valence-electron chi connectivity index (χ2n) is 5.34. The van der Waals surface area contributed by atoms with Gasteiger partial charge < -0.3 is 10.1 Å². The molecule has 0 aliphatic rings. The smallest absolute Gasteiger partial charge is 0.257 e. The van der Waals surface area contributed by atoms with Gasteiger partial charge in [-0.2, -0.15) is 0 Å². The van der Waals surface area contributed by atoms with Crippen LogP contribution in [0.2, 0.25) is 0 Å². The van der Waals surface area contributed by atoms with Crippen molar-refractivity contribution in [3.63, 3.8) is 0 Å². The zero-order valence-electron chi connectivity index (χ0n) is 13.8. The summed E-state index contributed by atoms with van der Waals surface area (Å²) in [6.07, 6.45) is 1.09. The molecule has 1 N–H and O–H groups in total. The quantitative estimate of drug-likeness (QED) is 0.870. The first-order chi connectivity index (χ1) is 11.3. The number of hydrogen-bond acceptors (Lipinski definition) is 4. The number of hydrogen-bond donors (Lipinski definition) is 1. The number of carbonyl (C=O) groups excluding carboxylic acids is 1. The van der Waals surface area contributed by atoms with Crippen LogP contribution in [0.1, 0.15) is 15.9 Å². The number of nitrogens with zero attached hydrogens (tertiary/aromatic N) is 1. The highest BCUT2D eigenvalue weighted by atomic mass is 32.2. The lowest BCUT2D eigenvalue weighted by molar-refractivity contribution is 0.102. The fourth-order valence-corrected chi connectivity index (χ4v) is 2.74. The number of rotatable bonds is 6. The molecule has 0 atom stereocenters. The monoisotopic (exact) mass is 348 g/mol. The van der Waals surface area contributed by atoms with Gasteiger partial charge >= 0.3 is 0 Å². The Kier molecular flexibility index (Phi) is 5.58. The first-order valence-electron chi connectivity index (χ1n) is 7.25. The van der Waals surface area contributed by atoms with E-state index in [0.717, 1.165) is 16.1 Å². The van der Waals surface area contributed by atoms with E-state index in [1.807, 2.05) is 18.2 Å². The average Bonchev–Trinajstić information content (AvgIpc) is 2.54. The van der Waals surface area contributed by atoms with Crippen LogP contribution in [-0.2, 0) is 21.4 Å². The van der Waals surface area contributed by atoms with Crippen molar-refractivity contribution in [2.45, 2.75) is 6.61 Å². The van der Waals surface area contributed by atoms with Gasteiger partial charge in [0.1, 0.15) is 0 Å². The molecule has 2 aromatic carbocycles. The highest BCUT2D eigenvalue weighted by molar-refractivity contribution is 7.92. The molecule has 0 radical (unpaired) electrons. The molecule has 0 saturated carbocycles. The molecule has 128 valence electrons. The molecule has 0 heterocycles. The standard InChI is InChI=1S/C17H20N2O4S/c1-19(24(3,21)22)16-10-5-4-9-15(16)17(20)18-14-8-6-7-13(11-14)12-23-2/h4-11H,12H2,1-3H3,(H,18,20). The Morgan fingerprint density at radius 2 is 1.88 bits per heavy atom. The second kappa shape index (κ2) is 7.46. The molecule has 2 rings (SSSR count). The maximum absolute atomic E-state index is 12.6. The van der Waals surface area contributed by atoms with Gasteiger partial charge in [0.05, 0.1) is 24.1 Å². The minimum atomic E-state index is -3.46. The van der Waals surface area contributed by atoms with Crippen molar-refractivity contribution in [3.8, 4) is 0 Å². The number of sulfonamides is 1. The van der Waals surface area contributed by atoms with Crippen molar-refractivity contribution in [1.82, 2.24) is 0 Å². The van der Waals surface area contributed by atoms with Crippen LogP contribution in [0.5, 0.6) is 0 Å². The van der Waals surface area contributed by atoms with Crippen LogP contribution < -0.4 is 9.62 Å². The van der Waals surface area contributed by atoms with Crippen LogP contribution in [0.25, 0.3) is 0 Å². The predicted octanol–water partition coefficient (Wildman–Crippen LogP) is 2.48. The molecular formula is C17H20N2O4S. The Bertz CT molecular complexity index is 834. The molecule has 7 heteroatoms. The first-order valence-corrected chi connectivity index (χ1v) is 9.10. The van der Waals surface area contributed by atoms with Gasteiger partial charge in [-0.05, 0) is 29.8 Å². The van der Waals surface area contributed by atoms with Crippen molar-refractivity contribution in [2.75, 3.05) is 30.0 Å². The number of para-hydroxylation sites is 1. The highest BCUT2D eigenvalue weighted by Crippen LogP contribution is 2.23. The molecule has 0 unspecified atom stereocenters. The van der Waals surface area contributed by atoms with E-state index in [2.05, 4.69) is 5.32 Å². The van der Waals surface area contributed by atoms with Gasteiger partial charge in [0, 0.05) is 19.8 Å². The molecule has 0 fully saturated rings. The molecular weight excluding hydrogens is 328 g/mol. The van der Waals surface area contributed by atoms with Gasteiger partial charge in [-0.25, -0.2) is 8.42 Å². The number of nitrogens with one attached hydrogen (secondary N) is 1. The molecule has 0 spiro atoms. The summed E-state index contributed by atoms with van der Waals surface area (Å²) in [5, 5.41) is 2.79. The highest BCUT2D eigenvalue weighted by Gasteiger charge is 2.19. The minimum Gasteiger partial charge on any atom is -0.380 e. The third kappa shape index (κ3) is 4.33. The van der Waals surface area contributed by atoms with E-state index in [0.29, 0.717) is 18.0 Å². The molecule has 0 aliphatic heterocycles. The van der Waals surface area contributed by atoms with E-state index >= 15 is 0 Å². The normalized spacial score (nSPS) is 11.1. The van der Waals surface area contributed by atoms with Gasteiger partial charge in [0.25, 0.3) is 5.91 Å². The van der Waals surface area contributed by atoms with E-state index in [1.54, 1.807) is 37.4 Å². The zero-order valence-corrected chi connectivity index (χ0v) is 14.6. The van der Waals surface area contributed by atoms with Crippen molar-refractivity contribution in [2.24, 2.45) is 0 Å². The predicted molar refractivity (Wildman–Crippen MR) is 94.8 cm³/mol. The molecule has 0 saturated heterocycles. The van der Waals surface area contributed by atoms with Gasteiger partial charge in [0.2, 0.25) is 10.0 Å². The van der Waals surface area contributed by atoms with Gasteiger partial charge in [-0.3, -0.25) is 9.10 Å². The van der Waals surface area contributed by atoms with E-state index in [-0.39, 0.29) is 11.5 Å². The fraction of sp³-hybridized carbons (Fsp3) is 0.235. The molecule has 0 aromatic heterocycles. The number of methoxy groups -OCH3 is 1. The summed E-state index contributed by atoms with van der Waals surface area (Å²) < 4.78 is 29.7. The van der Waals surface area contributed by atoms with Crippen LogP contribution in [0.15, 0.2) is 48.5 Å². The van der Waals surface area contributed by atoms with Crippen molar-refractivity contribution in [1.29, 1.82) is 0 Å². The van der Waals surface area contributed by atoms with Crippen molar-refractivity contribution >= 4 is 27.3 Å². The number of anilines is 2. The largest absolute Gasteiger partial charge is 0.380 e. The van der Waals surface area contributed by atoms with Crippen LogP contribution in [0.4, 0.5) is 11.4 Å². The Morgan fingerprint density at radius 1 is 1.17 bits per heavy atom. The maximum atomic E-state index is 12.6. The SMILES string of the molecule is COCc1cccc(NC(=O)c2ccccc2N(C)S(C)(=O)=O)c1. The summed E-state index contributed by atoms with van der Waals surface area (Å²) >= 11 is 0. The number of carbonyl (C=O) groups is 1. The third-order valence-electron chi connectivity index (χ3n) is 3.48. The van der Waals surface area contributed by atoms with Gasteiger partial charge in [-0.15, -0.1) is 0 Å². The summed E-state index contributed by atoms with van der Waals surface area (Å²) in [4.78, 5) is 12.6. The van der Waals surface area contributed by atoms with Gasteiger partial charge in [0.15, 0.2) is 0 Å². The molecule has 24 heavy (non-hydrogen) atoms. The van der Waals surface area contributed by atoms with Crippen LogP contribution >= 0.6 is 0 Å². The van der Waals surface area contributed by atoms with E-state index in [9.17, 15) is 13.2 Å². The molecule has 6 nitrogen and oxygen atoms in total. The van der Waals surface area contributed by atoms with Crippen LogP contribution in [0.3, 0.4) is 0 Å². The number of benzene rings is 2. The van der Waals surface area contributed by atoms with Crippen molar-refractivity contribution in [3.05, 3.63) is 59.7 Å². The molecule has 0 bridgehead atoms. The summed E-state index contributed by atoms with van der Waals surface area (Å²) in [7, 11) is -0.445. The number of ether oxygens (including phenoxy) is 1. The molecule has 2 aromatic rings. The summed E-state index contributed by atoms with van der Waals surface area (Å²) in [6.45, 7) is 0.442. The number of amides is 1. The van der Waals surface area contributed by atoms with E-state index in [4.69, 9.17) is 4.74 Å². The first kappa shape index (κ1) is 18.0. The topological polar surface area (TPSA) is 75.7 Å². The van der Waals surface area contributed by atoms with Crippen LogP contribution in [0, 0.1) is 0 Å². The summed E-state index contributed by atoms with van der Waals surface area (Å²) in [5.41, 5.74) is 2.15. The Labute approximate surface area is 142 Å². The maximum Gasteiger partial charge on any atom is 0.257 e. The molecule has 1 amide bonds. The molecule has 0 aliphatic carbocycles. The fourth-order valence-electron chi connectivity index (χ4n) is 2.22. The summed E-state index contributed by atoms with van der Waals surface area (Å²) in [5.74, 6) is -0.379. The lowest BCUT2D eigenvalue weighted by atomic mass is 10.1. The zero-order chi connectivity index (χ0) is 17.7. The Balaban J connectivity index is 2.29. The lowest BCUT2D eigenvalue weighted by Gasteiger charge is -2.19. The second-order valence-corrected chi connectivity index (χ2v) is 7.35. The van der Waals surface area contributed by atoms with Crippen LogP contribution in [-0.4, -0.2) is 34.7 Å². The Hall–Kier alpha value is -2.38. The van der Waals surface area contributed by atoms with E-state index in [1.165, 1.54) is 7.05 Å². The summed E-state index contributed by atoms with van der Waals surface area (Å²) in [6, 6.07) is 13.8.